The highest BCUT2D eigenvalue weighted by molar-refractivity contribution is 5.92. The predicted octanol–water partition coefficient (Wildman–Crippen LogP) is 0.784. The van der Waals surface area contributed by atoms with E-state index in [1.165, 1.54) is 7.11 Å². The third-order valence-electron chi connectivity index (χ3n) is 3.00. The fourth-order valence-corrected chi connectivity index (χ4v) is 2.01. The predicted molar refractivity (Wildman–Crippen MR) is 69.8 cm³/mol. The molecule has 2 N–H and O–H groups in total. The first-order chi connectivity index (χ1) is 9.15. The van der Waals surface area contributed by atoms with Crippen molar-refractivity contribution in [3.63, 3.8) is 0 Å². The number of rotatable bonds is 2. The largest absolute Gasteiger partial charge is 0.465 e. The second kappa shape index (κ2) is 5.59. The Morgan fingerprint density at radius 3 is 3.11 bits per heavy atom. The molecule has 1 heterocycles. The number of carbonyl (C=O) groups excluding carboxylic acids is 1. The summed E-state index contributed by atoms with van der Waals surface area (Å²) in [7, 11) is 1.33. The highest BCUT2D eigenvalue weighted by Gasteiger charge is 2.22. The lowest BCUT2D eigenvalue weighted by Gasteiger charge is -2.32. The number of anilines is 2. The van der Waals surface area contributed by atoms with Crippen LogP contribution in [-0.4, -0.2) is 38.9 Å². The summed E-state index contributed by atoms with van der Waals surface area (Å²) >= 11 is 0. The molecular weight excluding hydrogens is 246 g/mol. The van der Waals surface area contributed by atoms with E-state index < -0.39 is 12.1 Å². The van der Waals surface area contributed by atoms with Crippen LogP contribution < -0.4 is 10.6 Å². The molecule has 0 amide bonds. The molecule has 6 heteroatoms. The Bertz CT molecular complexity index is 524. The molecule has 0 spiro atoms. The lowest BCUT2D eigenvalue weighted by Crippen LogP contribution is -2.42. The summed E-state index contributed by atoms with van der Waals surface area (Å²) in [6.07, 6.45) is -0.477. The molecule has 0 aliphatic carbocycles. The van der Waals surface area contributed by atoms with Crippen molar-refractivity contribution in [3.8, 4) is 6.07 Å². The zero-order chi connectivity index (χ0) is 13.8. The maximum atomic E-state index is 11.5. The van der Waals surface area contributed by atoms with Crippen molar-refractivity contribution in [1.29, 1.82) is 5.26 Å². The molecule has 0 aromatic heterocycles. The summed E-state index contributed by atoms with van der Waals surface area (Å²) in [6, 6.07) is 7.04. The van der Waals surface area contributed by atoms with Crippen LogP contribution in [0.2, 0.25) is 0 Å². The molecule has 1 aromatic carbocycles. The minimum atomic E-state index is -0.477. The first-order valence-electron chi connectivity index (χ1n) is 5.89. The van der Waals surface area contributed by atoms with Crippen LogP contribution in [0.3, 0.4) is 0 Å². The van der Waals surface area contributed by atoms with Gasteiger partial charge in [0, 0.05) is 6.54 Å². The smallest absolute Gasteiger partial charge is 0.337 e. The summed E-state index contributed by atoms with van der Waals surface area (Å²) in [4.78, 5) is 13.5. The van der Waals surface area contributed by atoms with E-state index in [4.69, 9.17) is 15.7 Å². The Kier molecular flexibility index (Phi) is 3.88. The van der Waals surface area contributed by atoms with Crippen LogP contribution in [0.5, 0.6) is 0 Å². The Morgan fingerprint density at radius 1 is 1.63 bits per heavy atom. The fourth-order valence-electron chi connectivity index (χ4n) is 2.01. The van der Waals surface area contributed by atoms with E-state index in [2.05, 4.69) is 10.8 Å². The van der Waals surface area contributed by atoms with Crippen LogP contribution in [0.15, 0.2) is 18.2 Å². The molecule has 0 bridgehead atoms. The summed E-state index contributed by atoms with van der Waals surface area (Å²) in [5.74, 6) is -0.411. The van der Waals surface area contributed by atoms with Gasteiger partial charge >= 0.3 is 5.97 Å². The quantitative estimate of drug-likeness (QED) is 0.625. The summed E-state index contributed by atoms with van der Waals surface area (Å²) in [6.45, 7) is 1.53. The van der Waals surface area contributed by atoms with Crippen LogP contribution in [0.4, 0.5) is 11.4 Å². The molecule has 1 aliphatic heterocycles. The minimum absolute atomic E-state index is 0.411. The first-order valence-corrected chi connectivity index (χ1v) is 5.89. The van der Waals surface area contributed by atoms with Gasteiger partial charge in [-0.2, -0.15) is 5.26 Å². The van der Waals surface area contributed by atoms with E-state index >= 15 is 0 Å². The van der Waals surface area contributed by atoms with Crippen LogP contribution in [0.25, 0.3) is 0 Å². The average Bonchev–Trinajstić information content (AvgIpc) is 2.47. The van der Waals surface area contributed by atoms with Crippen molar-refractivity contribution < 1.29 is 14.3 Å². The molecule has 19 heavy (non-hydrogen) atoms. The van der Waals surface area contributed by atoms with E-state index in [0.29, 0.717) is 30.9 Å². The number of nitrogen functional groups attached to an aromatic ring is 1. The number of hydrogen-bond donors (Lipinski definition) is 1. The summed E-state index contributed by atoms with van der Waals surface area (Å²) < 4.78 is 9.97. The van der Waals surface area contributed by atoms with Gasteiger partial charge in [-0.15, -0.1) is 0 Å². The Labute approximate surface area is 111 Å². The molecule has 1 unspecified atom stereocenters. The van der Waals surface area contributed by atoms with Crippen LogP contribution in [-0.2, 0) is 9.47 Å². The van der Waals surface area contributed by atoms with E-state index in [-0.39, 0.29) is 0 Å². The maximum Gasteiger partial charge on any atom is 0.337 e. The zero-order valence-electron chi connectivity index (χ0n) is 10.6. The zero-order valence-corrected chi connectivity index (χ0v) is 10.6. The second-order valence-electron chi connectivity index (χ2n) is 4.20. The molecule has 1 aromatic rings. The number of esters is 1. The summed E-state index contributed by atoms with van der Waals surface area (Å²) in [5.41, 5.74) is 7.66. The third-order valence-corrected chi connectivity index (χ3v) is 3.00. The number of benzene rings is 1. The van der Waals surface area contributed by atoms with Crippen molar-refractivity contribution in [2.75, 3.05) is 37.4 Å². The monoisotopic (exact) mass is 261 g/mol. The van der Waals surface area contributed by atoms with Crippen LogP contribution in [0.1, 0.15) is 10.4 Å². The Morgan fingerprint density at radius 2 is 2.42 bits per heavy atom. The number of carbonyl (C=O) groups is 1. The van der Waals surface area contributed by atoms with E-state index in [0.717, 1.165) is 5.69 Å². The van der Waals surface area contributed by atoms with Gasteiger partial charge in [0.25, 0.3) is 0 Å². The van der Waals surface area contributed by atoms with Crippen molar-refractivity contribution in [2.24, 2.45) is 0 Å². The van der Waals surface area contributed by atoms with E-state index in [1.807, 2.05) is 4.90 Å². The number of nitriles is 1. The highest BCUT2D eigenvalue weighted by Crippen LogP contribution is 2.26. The SMILES string of the molecule is COC(=O)c1ccc(N)c(N2CCOC(C#N)C2)c1. The normalized spacial score (nSPS) is 18.7. The Balaban J connectivity index is 2.28. The van der Waals surface area contributed by atoms with Gasteiger partial charge in [0.1, 0.15) is 0 Å². The van der Waals surface area contributed by atoms with Gasteiger partial charge in [0.2, 0.25) is 0 Å². The number of morpholine rings is 1. The van der Waals surface area contributed by atoms with E-state index in [9.17, 15) is 4.79 Å². The van der Waals surface area contributed by atoms with Crippen LogP contribution >= 0.6 is 0 Å². The average molecular weight is 261 g/mol. The molecule has 2 rings (SSSR count). The standard InChI is InChI=1S/C13H15N3O3/c1-18-13(17)9-2-3-11(15)12(6-9)16-4-5-19-10(7-14)8-16/h2-3,6,10H,4-5,8,15H2,1H3. The van der Waals surface area contributed by atoms with Gasteiger partial charge in [-0.1, -0.05) is 0 Å². The topological polar surface area (TPSA) is 88.6 Å². The number of methoxy groups -OCH3 is 1. The molecule has 100 valence electrons. The molecule has 6 nitrogen and oxygen atoms in total. The maximum absolute atomic E-state index is 11.5. The number of hydrogen-bond acceptors (Lipinski definition) is 6. The second-order valence-corrected chi connectivity index (χ2v) is 4.20. The van der Waals surface area contributed by atoms with Gasteiger partial charge in [-0.25, -0.2) is 4.79 Å². The first kappa shape index (κ1) is 13.2. The van der Waals surface area contributed by atoms with Crippen molar-refractivity contribution in [1.82, 2.24) is 0 Å². The van der Waals surface area contributed by atoms with Gasteiger partial charge in [0.05, 0.1) is 43.3 Å². The van der Waals surface area contributed by atoms with Gasteiger partial charge < -0.3 is 20.1 Å². The highest BCUT2D eigenvalue weighted by atomic mass is 16.5. The van der Waals surface area contributed by atoms with Gasteiger partial charge in [-0.3, -0.25) is 0 Å². The lowest BCUT2D eigenvalue weighted by molar-refractivity contribution is 0.0600. The fraction of sp³-hybridized carbons (Fsp3) is 0.385. The van der Waals surface area contributed by atoms with Gasteiger partial charge in [0.15, 0.2) is 6.10 Å². The van der Waals surface area contributed by atoms with Crippen molar-refractivity contribution in [3.05, 3.63) is 23.8 Å². The molecule has 0 saturated carbocycles. The molecule has 0 radical (unpaired) electrons. The number of ether oxygens (including phenoxy) is 2. The summed E-state index contributed by atoms with van der Waals surface area (Å²) in [5, 5.41) is 8.90. The molecule has 1 atom stereocenters. The minimum Gasteiger partial charge on any atom is -0.465 e. The molecule has 1 saturated heterocycles. The molecule has 1 fully saturated rings. The molecular formula is C13H15N3O3. The van der Waals surface area contributed by atoms with Crippen LogP contribution in [0, 0.1) is 11.3 Å². The lowest BCUT2D eigenvalue weighted by atomic mass is 10.1. The Hall–Kier alpha value is -2.26. The van der Waals surface area contributed by atoms with Crippen molar-refractivity contribution in [2.45, 2.75) is 6.10 Å². The van der Waals surface area contributed by atoms with Gasteiger partial charge in [-0.05, 0) is 18.2 Å². The van der Waals surface area contributed by atoms with E-state index in [1.54, 1.807) is 18.2 Å². The van der Waals surface area contributed by atoms with Crippen molar-refractivity contribution >= 4 is 17.3 Å². The molecule has 1 aliphatic rings. The number of nitrogens with zero attached hydrogens (tertiary/aromatic N) is 2. The third kappa shape index (κ3) is 2.77. The number of nitrogens with two attached hydrogens (primary N) is 1.